The van der Waals surface area contributed by atoms with Crippen molar-refractivity contribution in [3.63, 3.8) is 0 Å². The lowest BCUT2D eigenvalue weighted by Crippen LogP contribution is -2.26. The Balaban J connectivity index is 0.00000263. The van der Waals surface area contributed by atoms with Crippen LogP contribution in [0.3, 0.4) is 0 Å². The number of hydrogen-bond acceptors (Lipinski definition) is 7. The largest absolute Gasteiger partial charge is 0.491 e. The Hall–Kier alpha value is -6.90. The van der Waals surface area contributed by atoms with Crippen LogP contribution in [-0.4, -0.2) is 43.6 Å². The number of ether oxygens (including phenoxy) is 5. The summed E-state index contributed by atoms with van der Waals surface area (Å²) in [6.07, 6.45) is 6.18. The van der Waals surface area contributed by atoms with Gasteiger partial charge in [-0.1, -0.05) is 125 Å². The van der Waals surface area contributed by atoms with Crippen LogP contribution in [0.1, 0.15) is 99.7 Å². The molecule has 1 fully saturated rings. The van der Waals surface area contributed by atoms with Gasteiger partial charge in [-0.3, -0.25) is 0 Å². The first-order valence-corrected chi connectivity index (χ1v) is 24.9. The van der Waals surface area contributed by atoms with Crippen molar-refractivity contribution in [1.29, 1.82) is 0 Å². The number of benzene rings is 7. The number of aliphatic hydroxyl groups excluding tert-OH is 1. The molecular weight excluding hydrogens is 867 g/mol. The molecule has 0 amide bonds. The monoisotopic (exact) mass is 927 g/mol. The molecule has 7 heteroatoms. The lowest BCUT2D eigenvalue weighted by atomic mass is 9.70. The van der Waals surface area contributed by atoms with Crippen LogP contribution in [0.15, 0.2) is 170 Å². The molecule has 4 aliphatic carbocycles. The SMILES string of the molecule is CC.COC(C)Oc1ccc2c(c1)C(C)(C)c1cc(N(c3ccc4c(c3)C3(c5ccccc5-c5cc(OC6OC6C)ccc53)c3ccccc3-4)c3ccccc3C3C=CC(OCC(C)O)=CC3)ccc1-2. The summed E-state index contributed by atoms with van der Waals surface area (Å²) < 4.78 is 29.6. The van der Waals surface area contributed by atoms with Gasteiger partial charge in [0, 0.05) is 35.5 Å². The van der Waals surface area contributed by atoms with E-state index in [1.165, 1.54) is 72.3 Å². The van der Waals surface area contributed by atoms with Gasteiger partial charge < -0.3 is 33.7 Å². The summed E-state index contributed by atoms with van der Waals surface area (Å²) in [5, 5.41) is 9.94. The summed E-state index contributed by atoms with van der Waals surface area (Å²) in [7, 11) is 1.66. The highest BCUT2D eigenvalue weighted by Gasteiger charge is 2.52. The van der Waals surface area contributed by atoms with Gasteiger partial charge in [0.25, 0.3) is 0 Å². The van der Waals surface area contributed by atoms with Gasteiger partial charge in [-0.15, -0.1) is 0 Å². The molecule has 6 atom stereocenters. The minimum atomic E-state index is -0.567. The molecule has 1 heterocycles. The molecule has 7 nitrogen and oxygen atoms in total. The van der Waals surface area contributed by atoms with Crippen molar-refractivity contribution in [2.45, 2.75) is 96.4 Å². The van der Waals surface area contributed by atoms with Crippen LogP contribution >= 0.6 is 0 Å². The van der Waals surface area contributed by atoms with E-state index < -0.39 is 11.5 Å². The predicted octanol–water partition coefficient (Wildman–Crippen LogP) is 14.7. The molecule has 7 aromatic rings. The first-order valence-electron chi connectivity index (χ1n) is 24.9. The number of rotatable bonds is 12. The van der Waals surface area contributed by atoms with Crippen molar-refractivity contribution in [1.82, 2.24) is 0 Å². The second-order valence-corrected chi connectivity index (χ2v) is 19.5. The molecule has 0 bridgehead atoms. The van der Waals surface area contributed by atoms with Gasteiger partial charge in [0.15, 0.2) is 6.29 Å². The molecule has 0 radical (unpaired) electrons. The van der Waals surface area contributed by atoms with Crippen molar-refractivity contribution < 1.29 is 28.8 Å². The van der Waals surface area contributed by atoms with E-state index in [9.17, 15) is 5.11 Å². The maximum atomic E-state index is 9.94. The van der Waals surface area contributed by atoms with Crippen molar-refractivity contribution in [3.05, 3.63) is 209 Å². The molecule has 5 aliphatic rings. The first-order chi connectivity index (χ1) is 34.0. The van der Waals surface area contributed by atoms with E-state index in [1.54, 1.807) is 14.0 Å². The van der Waals surface area contributed by atoms with Crippen molar-refractivity contribution in [3.8, 4) is 44.9 Å². The number of para-hydroxylation sites is 1. The minimum Gasteiger partial charge on any atom is -0.491 e. The number of fused-ring (bicyclic) bond motifs is 13. The van der Waals surface area contributed by atoms with E-state index in [0.717, 1.165) is 40.7 Å². The number of methoxy groups -OCH3 is 1. The zero-order valence-electron chi connectivity index (χ0n) is 41.3. The molecule has 6 unspecified atom stereocenters. The summed E-state index contributed by atoms with van der Waals surface area (Å²) in [6, 6.07) is 53.9. The molecule has 12 rings (SSSR count). The smallest absolute Gasteiger partial charge is 0.226 e. The summed E-state index contributed by atoms with van der Waals surface area (Å²) >= 11 is 0. The topological polar surface area (TPSA) is 72.9 Å². The fourth-order valence-electron chi connectivity index (χ4n) is 11.5. The quantitative estimate of drug-likeness (QED) is 0.0966. The summed E-state index contributed by atoms with van der Waals surface area (Å²) in [5.74, 6) is 2.49. The summed E-state index contributed by atoms with van der Waals surface area (Å²) in [6.45, 7) is 14.6. The van der Waals surface area contributed by atoms with Crippen molar-refractivity contribution in [2.24, 2.45) is 0 Å². The zero-order valence-corrected chi connectivity index (χ0v) is 41.3. The molecule has 7 aromatic carbocycles. The third-order valence-electron chi connectivity index (χ3n) is 14.9. The summed E-state index contributed by atoms with van der Waals surface area (Å²) in [5.41, 5.74) is 18.5. The first kappa shape index (κ1) is 45.5. The Kier molecular flexibility index (Phi) is 11.6. The van der Waals surface area contributed by atoms with Gasteiger partial charge in [-0.2, -0.15) is 0 Å². The molecule has 0 saturated carbocycles. The van der Waals surface area contributed by atoms with Crippen LogP contribution in [0, 0.1) is 0 Å². The summed E-state index contributed by atoms with van der Waals surface area (Å²) in [4.78, 5) is 2.48. The van der Waals surface area contributed by atoms with Gasteiger partial charge in [-0.25, -0.2) is 0 Å². The number of epoxide rings is 1. The van der Waals surface area contributed by atoms with Gasteiger partial charge in [0.2, 0.25) is 6.29 Å². The maximum absolute atomic E-state index is 9.94. The Labute approximate surface area is 412 Å². The molecule has 1 aliphatic heterocycles. The maximum Gasteiger partial charge on any atom is 0.226 e. The fraction of sp³-hybridized carbons (Fsp3) is 0.270. The standard InChI is InChI=1S/C61H55NO6.C2H6/c1-36(63)35-65-42-23-19-39(20-24-42)45-13-9-12-18-58(45)62(40-21-27-48-49-29-25-44(67-38(3)64-6)34-56(49)60(4,5)55(48)31-40)41-22-28-50-46-14-7-10-16-52(46)61(57(50)32-41)53-17-11-8-15-47(53)51-33-43(26-30-54(51)61)68-59-37(2)66-59;1-2/h7-19,21-34,36-39,59,63H,20,35H2,1-6H3;1-2H3. The average molecular weight is 928 g/mol. The molecule has 1 spiro atoms. The highest BCUT2D eigenvalue weighted by atomic mass is 16.8. The van der Waals surface area contributed by atoms with Gasteiger partial charge >= 0.3 is 0 Å². The minimum absolute atomic E-state index is 0.0874. The van der Waals surface area contributed by atoms with E-state index in [0.29, 0.717) is 0 Å². The molecule has 0 aromatic heterocycles. The van der Waals surface area contributed by atoms with Crippen molar-refractivity contribution >= 4 is 17.1 Å². The average Bonchev–Trinajstić information content (AvgIpc) is 3.80. The third-order valence-corrected chi connectivity index (χ3v) is 14.9. The Bertz CT molecular complexity index is 3220. The van der Waals surface area contributed by atoms with Crippen LogP contribution in [0.5, 0.6) is 11.5 Å². The number of nitrogens with zero attached hydrogens (tertiary/aromatic N) is 1. The number of hydrogen-bond donors (Lipinski definition) is 1. The second-order valence-electron chi connectivity index (χ2n) is 19.5. The molecule has 1 saturated heterocycles. The van der Waals surface area contributed by atoms with Crippen LogP contribution in [0.25, 0.3) is 33.4 Å². The van der Waals surface area contributed by atoms with Gasteiger partial charge in [-0.05, 0) is 166 Å². The highest BCUT2D eigenvalue weighted by Crippen LogP contribution is 2.64. The van der Waals surface area contributed by atoms with E-state index >= 15 is 0 Å². The zero-order chi connectivity index (χ0) is 48.5. The van der Waals surface area contributed by atoms with Gasteiger partial charge in [0.05, 0.1) is 11.5 Å². The Morgan fingerprint density at radius 3 is 1.89 bits per heavy atom. The lowest BCUT2D eigenvalue weighted by Gasteiger charge is -2.34. The molecular formula is C63H61NO6. The van der Waals surface area contributed by atoms with Crippen LogP contribution in [0.2, 0.25) is 0 Å². The lowest BCUT2D eigenvalue weighted by molar-refractivity contribution is -0.0383. The Morgan fingerprint density at radius 2 is 1.23 bits per heavy atom. The van der Waals surface area contributed by atoms with E-state index in [1.807, 2.05) is 27.7 Å². The number of aliphatic hydroxyl groups is 1. The van der Waals surface area contributed by atoms with E-state index in [-0.39, 0.29) is 36.6 Å². The third kappa shape index (κ3) is 7.37. The number of anilines is 3. The number of allylic oxidation sites excluding steroid dienone is 3. The molecule has 70 heavy (non-hydrogen) atoms. The molecule has 354 valence electrons. The Morgan fingerprint density at radius 1 is 0.657 bits per heavy atom. The molecule has 1 N–H and O–H groups in total. The predicted molar refractivity (Wildman–Crippen MR) is 281 cm³/mol. The van der Waals surface area contributed by atoms with Gasteiger partial charge in [0.1, 0.15) is 30.0 Å². The van der Waals surface area contributed by atoms with E-state index in [2.05, 4.69) is 183 Å². The fourth-order valence-corrected chi connectivity index (χ4v) is 11.5. The normalized spacial score (nSPS) is 20.9. The van der Waals surface area contributed by atoms with Crippen LogP contribution in [0.4, 0.5) is 17.1 Å². The van der Waals surface area contributed by atoms with Crippen LogP contribution in [-0.2, 0) is 25.0 Å². The highest BCUT2D eigenvalue weighted by molar-refractivity contribution is 5.97. The second kappa shape index (κ2) is 17.8. The van der Waals surface area contributed by atoms with Crippen LogP contribution < -0.4 is 14.4 Å². The van der Waals surface area contributed by atoms with E-state index in [4.69, 9.17) is 23.7 Å². The van der Waals surface area contributed by atoms with Crippen molar-refractivity contribution in [2.75, 3.05) is 18.6 Å².